The van der Waals surface area contributed by atoms with E-state index in [2.05, 4.69) is 5.32 Å². The van der Waals surface area contributed by atoms with Gasteiger partial charge in [-0.05, 0) is 31.4 Å². The summed E-state index contributed by atoms with van der Waals surface area (Å²) in [5, 5.41) is 12.4. The number of carbonyl (C=O) groups is 3. The molecular weight excluding hydrogens is 360 g/mol. The van der Waals surface area contributed by atoms with Crippen LogP contribution < -0.4 is 5.32 Å². The summed E-state index contributed by atoms with van der Waals surface area (Å²) in [4.78, 5) is 38.8. The van der Waals surface area contributed by atoms with E-state index >= 15 is 0 Å². The van der Waals surface area contributed by atoms with Gasteiger partial charge < -0.3 is 19.7 Å². The number of piperidine rings is 1. The van der Waals surface area contributed by atoms with Crippen LogP contribution >= 0.6 is 0 Å². The van der Waals surface area contributed by atoms with Crippen molar-refractivity contribution in [2.75, 3.05) is 13.1 Å². The van der Waals surface area contributed by atoms with E-state index in [9.17, 15) is 19.5 Å². The molecule has 2 aromatic rings. The molecule has 1 aliphatic heterocycles. The average molecular weight is 384 g/mol. The summed E-state index contributed by atoms with van der Waals surface area (Å²) >= 11 is 0. The van der Waals surface area contributed by atoms with Gasteiger partial charge in [-0.1, -0.05) is 30.3 Å². The normalized spacial score (nSPS) is 18.9. The number of rotatable bonds is 6. The SMILES string of the molecule is CC(Cc1ccccc1)(NC(=O)C1CCCN(C(=O)c2ccoc2)C1)C(=O)O. The Labute approximate surface area is 163 Å². The number of furan rings is 1. The molecule has 0 radical (unpaired) electrons. The topological polar surface area (TPSA) is 99.9 Å². The molecule has 0 saturated carbocycles. The number of benzene rings is 1. The van der Waals surface area contributed by atoms with Gasteiger partial charge in [0.2, 0.25) is 5.91 Å². The van der Waals surface area contributed by atoms with Crippen LogP contribution in [-0.2, 0) is 16.0 Å². The van der Waals surface area contributed by atoms with Crippen molar-refractivity contribution in [3.63, 3.8) is 0 Å². The van der Waals surface area contributed by atoms with Gasteiger partial charge in [0.15, 0.2) is 0 Å². The van der Waals surface area contributed by atoms with Crippen LogP contribution in [0.25, 0.3) is 0 Å². The van der Waals surface area contributed by atoms with Crippen LogP contribution in [0.5, 0.6) is 0 Å². The van der Waals surface area contributed by atoms with Crippen LogP contribution in [0.1, 0.15) is 35.7 Å². The monoisotopic (exact) mass is 384 g/mol. The predicted octanol–water partition coefficient (Wildman–Crippen LogP) is 2.33. The molecule has 2 N–H and O–H groups in total. The standard InChI is InChI=1S/C21H24N2O5/c1-21(20(26)27,12-15-6-3-2-4-7-15)22-18(24)16-8-5-10-23(13-16)19(25)17-9-11-28-14-17/h2-4,6-7,9,11,14,16H,5,8,10,12-13H2,1H3,(H,22,24)(H,26,27). The molecule has 1 aromatic carbocycles. The second-order valence-corrected chi connectivity index (χ2v) is 7.39. The molecule has 7 nitrogen and oxygen atoms in total. The van der Waals surface area contributed by atoms with Gasteiger partial charge in [0.25, 0.3) is 5.91 Å². The van der Waals surface area contributed by atoms with Crippen molar-refractivity contribution in [1.29, 1.82) is 0 Å². The molecule has 0 bridgehead atoms. The Hall–Kier alpha value is -3.09. The fraction of sp³-hybridized carbons (Fsp3) is 0.381. The van der Waals surface area contributed by atoms with Gasteiger partial charge in [-0.2, -0.15) is 0 Å². The third kappa shape index (κ3) is 4.42. The highest BCUT2D eigenvalue weighted by Gasteiger charge is 2.38. The first-order chi connectivity index (χ1) is 13.4. The second kappa shape index (κ2) is 8.29. The zero-order valence-corrected chi connectivity index (χ0v) is 15.8. The largest absolute Gasteiger partial charge is 0.480 e. The molecule has 2 atom stereocenters. The fourth-order valence-corrected chi connectivity index (χ4v) is 3.50. The van der Waals surface area contributed by atoms with E-state index < -0.39 is 17.4 Å². The Morgan fingerprint density at radius 3 is 2.64 bits per heavy atom. The lowest BCUT2D eigenvalue weighted by molar-refractivity contribution is -0.147. The molecule has 7 heteroatoms. The quantitative estimate of drug-likeness (QED) is 0.796. The van der Waals surface area contributed by atoms with Gasteiger partial charge >= 0.3 is 5.97 Å². The zero-order valence-electron chi connectivity index (χ0n) is 15.8. The smallest absolute Gasteiger partial charge is 0.329 e. The number of amides is 2. The molecule has 1 aromatic heterocycles. The lowest BCUT2D eigenvalue weighted by atomic mass is 9.90. The van der Waals surface area contributed by atoms with Gasteiger partial charge in [0.1, 0.15) is 11.8 Å². The fourth-order valence-electron chi connectivity index (χ4n) is 3.50. The molecule has 0 aliphatic carbocycles. The van der Waals surface area contributed by atoms with Gasteiger partial charge in [0.05, 0.1) is 17.7 Å². The number of hydrogen-bond donors (Lipinski definition) is 2. The predicted molar refractivity (Wildman–Crippen MR) is 102 cm³/mol. The highest BCUT2D eigenvalue weighted by Crippen LogP contribution is 2.21. The summed E-state index contributed by atoms with van der Waals surface area (Å²) in [5.74, 6) is -2.06. The summed E-state index contributed by atoms with van der Waals surface area (Å²) < 4.78 is 4.96. The first-order valence-electron chi connectivity index (χ1n) is 9.30. The minimum absolute atomic E-state index is 0.180. The van der Waals surface area contributed by atoms with Crippen molar-refractivity contribution in [2.45, 2.75) is 31.7 Å². The summed E-state index contributed by atoms with van der Waals surface area (Å²) in [6.07, 6.45) is 4.29. The molecule has 1 aliphatic rings. The number of nitrogens with zero attached hydrogens (tertiary/aromatic N) is 1. The molecule has 2 unspecified atom stereocenters. The summed E-state index contributed by atoms with van der Waals surface area (Å²) in [6.45, 7) is 2.34. The summed E-state index contributed by atoms with van der Waals surface area (Å²) in [5.41, 5.74) is -0.149. The molecule has 1 saturated heterocycles. The van der Waals surface area contributed by atoms with Crippen molar-refractivity contribution < 1.29 is 23.9 Å². The van der Waals surface area contributed by atoms with Crippen LogP contribution in [0.3, 0.4) is 0 Å². The zero-order chi connectivity index (χ0) is 20.1. The lowest BCUT2D eigenvalue weighted by Gasteiger charge is -2.34. The minimum atomic E-state index is -1.42. The Morgan fingerprint density at radius 2 is 2.00 bits per heavy atom. The highest BCUT2D eigenvalue weighted by atomic mass is 16.4. The molecule has 148 valence electrons. The Kier molecular flexibility index (Phi) is 5.82. The number of carboxylic acids is 1. The third-order valence-corrected chi connectivity index (χ3v) is 5.12. The number of likely N-dealkylation sites (tertiary alicyclic amines) is 1. The number of carbonyl (C=O) groups excluding carboxylic acids is 2. The van der Waals surface area contributed by atoms with E-state index in [-0.39, 0.29) is 24.8 Å². The Bertz CT molecular complexity index is 834. The maximum Gasteiger partial charge on any atom is 0.329 e. The van der Waals surface area contributed by atoms with E-state index in [1.807, 2.05) is 30.3 Å². The molecule has 28 heavy (non-hydrogen) atoms. The minimum Gasteiger partial charge on any atom is -0.480 e. The number of hydrogen-bond acceptors (Lipinski definition) is 4. The summed E-state index contributed by atoms with van der Waals surface area (Å²) in [6, 6.07) is 10.8. The van der Waals surface area contributed by atoms with E-state index in [0.29, 0.717) is 24.9 Å². The van der Waals surface area contributed by atoms with Gasteiger partial charge in [0, 0.05) is 19.5 Å². The van der Waals surface area contributed by atoms with E-state index in [4.69, 9.17) is 4.42 Å². The molecule has 1 fully saturated rings. The van der Waals surface area contributed by atoms with Crippen LogP contribution in [0.2, 0.25) is 0 Å². The third-order valence-electron chi connectivity index (χ3n) is 5.12. The van der Waals surface area contributed by atoms with Crippen molar-refractivity contribution >= 4 is 17.8 Å². The molecule has 3 rings (SSSR count). The van der Waals surface area contributed by atoms with Gasteiger partial charge in [-0.3, -0.25) is 9.59 Å². The Balaban J connectivity index is 1.67. The molecule has 2 amide bonds. The average Bonchev–Trinajstić information content (AvgIpc) is 3.23. The van der Waals surface area contributed by atoms with Crippen LogP contribution in [0, 0.1) is 5.92 Å². The first-order valence-corrected chi connectivity index (χ1v) is 9.30. The second-order valence-electron chi connectivity index (χ2n) is 7.39. The van der Waals surface area contributed by atoms with E-state index in [0.717, 1.165) is 5.56 Å². The lowest BCUT2D eigenvalue weighted by Crippen LogP contribution is -2.57. The van der Waals surface area contributed by atoms with E-state index in [1.54, 1.807) is 11.0 Å². The summed E-state index contributed by atoms with van der Waals surface area (Å²) in [7, 11) is 0. The molecular formula is C21H24N2O5. The highest BCUT2D eigenvalue weighted by molar-refractivity contribution is 5.94. The van der Waals surface area contributed by atoms with Gasteiger partial charge in [-0.15, -0.1) is 0 Å². The maximum atomic E-state index is 12.8. The molecule has 2 heterocycles. The number of nitrogens with one attached hydrogen (secondary N) is 1. The number of carboxylic acid groups (broad SMARTS) is 1. The van der Waals surface area contributed by atoms with Crippen molar-refractivity contribution in [1.82, 2.24) is 10.2 Å². The van der Waals surface area contributed by atoms with Gasteiger partial charge in [-0.25, -0.2) is 4.79 Å². The van der Waals surface area contributed by atoms with Crippen LogP contribution in [0.15, 0.2) is 53.3 Å². The van der Waals surface area contributed by atoms with Crippen LogP contribution in [0.4, 0.5) is 0 Å². The van der Waals surface area contributed by atoms with Crippen molar-refractivity contribution in [2.24, 2.45) is 5.92 Å². The number of aliphatic carboxylic acids is 1. The molecule has 0 spiro atoms. The van der Waals surface area contributed by atoms with E-state index in [1.165, 1.54) is 19.5 Å². The first kappa shape index (κ1) is 19.7. The van der Waals surface area contributed by atoms with Crippen molar-refractivity contribution in [3.05, 3.63) is 60.1 Å². The van der Waals surface area contributed by atoms with Crippen molar-refractivity contribution in [3.8, 4) is 0 Å². The Morgan fingerprint density at radius 1 is 1.25 bits per heavy atom. The van der Waals surface area contributed by atoms with Crippen LogP contribution in [-0.4, -0.2) is 46.4 Å². The maximum absolute atomic E-state index is 12.8.